The molecule has 15 nitrogen and oxygen atoms in total. The van der Waals surface area contributed by atoms with Gasteiger partial charge in [0.05, 0.1) is 12.9 Å². The van der Waals surface area contributed by atoms with E-state index in [4.69, 9.17) is 24.3 Å². The predicted octanol–water partition coefficient (Wildman–Crippen LogP) is 3.35. The van der Waals surface area contributed by atoms with Crippen molar-refractivity contribution in [2.75, 3.05) is 12.3 Å². The van der Waals surface area contributed by atoms with Gasteiger partial charge in [-0.25, -0.2) is 9.55 Å². The van der Waals surface area contributed by atoms with Crippen LogP contribution in [-0.2, 0) is 23.4 Å². The maximum Gasteiger partial charge on any atom is 0.459 e. The highest BCUT2D eigenvalue weighted by atomic mass is 31.2. The molecule has 2 aromatic heterocycles. The lowest BCUT2D eigenvalue weighted by Crippen LogP contribution is -2.44. The summed E-state index contributed by atoms with van der Waals surface area (Å²) in [5.74, 6) is -0.694. The lowest BCUT2D eigenvalue weighted by atomic mass is 9.96. The molecule has 0 saturated carbocycles. The van der Waals surface area contributed by atoms with Crippen LogP contribution < -0.4 is 20.9 Å². The van der Waals surface area contributed by atoms with E-state index in [1.165, 1.54) is 24.7 Å². The number of anilines is 1. The minimum atomic E-state index is -4.44. The van der Waals surface area contributed by atoms with Gasteiger partial charge in [0.2, 0.25) is 5.95 Å². The molecule has 0 aliphatic carbocycles. The fourth-order valence-electron chi connectivity index (χ4n) is 5.52. The molecule has 6 rings (SSSR count). The van der Waals surface area contributed by atoms with E-state index in [1.807, 2.05) is 48.5 Å². The highest BCUT2D eigenvalue weighted by Gasteiger charge is 2.54. The number of nitrogens with two attached hydrogens (primary N) is 1. The highest BCUT2D eigenvalue weighted by Crippen LogP contribution is 2.48. The Kier molecular flexibility index (Phi) is 9.09. The second-order valence-electron chi connectivity index (χ2n) is 11.7. The molecule has 3 aromatic carbocycles. The van der Waals surface area contributed by atoms with E-state index in [0.29, 0.717) is 5.39 Å². The molecule has 1 aliphatic rings. The quantitative estimate of drug-likeness (QED) is 0.100. The summed E-state index contributed by atoms with van der Waals surface area (Å²) in [6, 6.07) is 20.4. The third-order valence-electron chi connectivity index (χ3n) is 8.10. The van der Waals surface area contributed by atoms with Gasteiger partial charge < -0.3 is 29.9 Å². The third kappa shape index (κ3) is 6.56. The Balaban J connectivity index is 1.25. The zero-order valence-electron chi connectivity index (χ0n) is 26.2. The van der Waals surface area contributed by atoms with Gasteiger partial charge >= 0.3 is 13.7 Å². The number of nitrogen functional groups attached to an aromatic ring is 1. The van der Waals surface area contributed by atoms with Gasteiger partial charge in [0.15, 0.2) is 17.4 Å². The fourth-order valence-corrected chi connectivity index (χ4v) is 7.04. The first-order valence-corrected chi connectivity index (χ1v) is 16.6. The normalized spacial score (nSPS) is 23.5. The fraction of sp³-hybridized carbons (Fsp3) is 0.312. The van der Waals surface area contributed by atoms with Crippen LogP contribution in [0.4, 0.5) is 5.95 Å². The number of fused-ring (bicyclic) bond motifs is 2. The predicted molar refractivity (Wildman–Crippen MR) is 175 cm³/mol. The van der Waals surface area contributed by atoms with E-state index in [1.54, 1.807) is 31.2 Å². The molecule has 1 saturated heterocycles. The summed E-state index contributed by atoms with van der Waals surface area (Å²) in [7, 11) is -4.44. The second kappa shape index (κ2) is 13.1. The number of aromatic amines is 1. The van der Waals surface area contributed by atoms with Crippen LogP contribution in [0.25, 0.3) is 21.9 Å². The minimum absolute atomic E-state index is 0.0130. The van der Waals surface area contributed by atoms with Crippen molar-refractivity contribution in [2.24, 2.45) is 0 Å². The molecule has 3 heterocycles. The Hall–Kier alpha value is -4.63. The summed E-state index contributed by atoms with van der Waals surface area (Å²) in [4.78, 5) is 35.9. The Bertz CT molecular complexity index is 2050. The topological polar surface area (TPSA) is 213 Å². The molecule has 1 fully saturated rings. The molecular formula is C32H35N6O9P. The van der Waals surface area contributed by atoms with Crippen LogP contribution in [0, 0.1) is 0 Å². The number of nitrogens with one attached hydrogen (secondary N) is 2. The standard InChI is InChI=1S/C32H35N6O9P/c1-18(29(41)45-19(2)20-10-5-4-6-11-20)37-48(43,47-23-15-9-13-21-12-7-8-14-22(21)23)44-16-24-26(39)32(3,42)30(46-24)38-17-34-25-27(38)35-31(33)36-28(25)40/h4-15,17-19,24,26,30,39,42H,16H2,1-3H3,(H,37,43)(H3,33,35,36,40)/t18-,19-,24+,26+,30?,32+,48?/m0/s1. The van der Waals surface area contributed by atoms with Gasteiger partial charge in [-0.05, 0) is 37.8 Å². The van der Waals surface area contributed by atoms with Crippen molar-refractivity contribution in [3.8, 4) is 5.75 Å². The number of aliphatic hydroxyl groups is 2. The van der Waals surface area contributed by atoms with E-state index >= 15 is 0 Å². The van der Waals surface area contributed by atoms with Crippen molar-refractivity contribution in [1.82, 2.24) is 24.6 Å². The average Bonchev–Trinajstić information content (AvgIpc) is 3.57. The summed E-state index contributed by atoms with van der Waals surface area (Å²) >= 11 is 0. The van der Waals surface area contributed by atoms with Gasteiger partial charge in [-0.2, -0.15) is 10.1 Å². The summed E-state index contributed by atoms with van der Waals surface area (Å²) in [6.07, 6.45) is -3.53. The number of aromatic nitrogens is 4. The van der Waals surface area contributed by atoms with E-state index in [9.17, 15) is 24.4 Å². The van der Waals surface area contributed by atoms with E-state index in [2.05, 4.69) is 20.0 Å². The van der Waals surface area contributed by atoms with E-state index < -0.39 is 62.1 Å². The Morgan fingerprint density at radius 2 is 1.85 bits per heavy atom. The van der Waals surface area contributed by atoms with Crippen molar-refractivity contribution in [3.05, 3.63) is 95.0 Å². The molecule has 0 amide bonds. The zero-order chi connectivity index (χ0) is 34.2. The molecule has 2 unspecified atom stereocenters. The third-order valence-corrected chi connectivity index (χ3v) is 9.73. The number of imidazole rings is 1. The first-order chi connectivity index (χ1) is 22.9. The lowest BCUT2D eigenvalue weighted by Gasteiger charge is -2.27. The van der Waals surface area contributed by atoms with Crippen LogP contribution in [0.5, 0.6) is 5.75 Å². The number of rotatable bonds is 11. The molecule has 0 bridgehead atoms. The zero-order valence-corrected chi connectivity index (χ0v) is 27.1. The first kappa shape index (κ1) is 33.3. The van der Waals surface area contributed by atoms with Crippen LogP contribution in [-0.4, -0.2) is 66.2 Å². The maximum absolute atomic E-state index is 14.4. The molecule has 48 heavy (non-hydrogen) atoms. The largest absolute Gasteiger partial charge is 0.459 e. The number of carbonyl (C=O) groups is 1. The van der Waals surface area contributed by atoms with Gasteiger partial charge in [-0.1, -0.05) is 66.7 Å². The van der Waals surface area contributed by atoms with E-state index in [-0.39, 0.29) is 22.9 Å². The maximum atomic E-state index is 14.4. The Morgan fingerprint density at radius 3 is 2.62 bits per heavy atom. The number of carbonyl (C=O) groups excluding carboxylic acids is 1. The Labute approximate surface area is 274 Å². The van der Waals surface area contributed by atoms with Crippen molar-refractivity contribution in [1.29, 1.82) is 0 Å². The summed E-state index contributed by atoms with van der Waals surface area (Å²) < 4.78 is 39.1. The smallest absolute Gasteiger partial charge is 0.457 e. The number of hydrogen-bond acceptors (Lipinski definition) is 12. The summed E-state index contributed by atoms with van der Waals surface area (Å²) in [5.41, 5.74) is 3.89. The molecule has 0 radical (unpaired) electrons. The van der Waals surface area contributed by atoms with Crippen LogP contribution in [0.1, 0.15) is 38.7 Å². The lowest BCUT2D eigenvalue weighted by molar-refractivity contribution is -0.150. The molecule has 0 spiro atoms. The number of nitrogens with zero attached hydrogens (tertiary/aromatic N) is 3. The highest BCUT2D eigenvalue weighted by molar-refractivity contribution is 7.52. The molecule has 252 valence electrons. The summed E-state index contributed by atoms with van der Waals surface area (Å²) in [6.45, 7) is 3.93. The van der Waals surface area contributed by atoms with Gasteiger partial charge in [0.25, 0.3) is 5.56 Å². The SMILES string of the molecule is C[C@H](NP(=O)(OC[C@H]1OC(n2cnc3c(=O)[nH]c(N)nc32)[C@](C)(O)[C@@H]1O)Oc1cccc2ccccc12)C(=O)O[C@@H](C)c1ccccc1. The number of benzene rings is 3. The number of aliphatic hydroxyl groups excluding tert-OH is 1. The number of ether oxygens (including phenoxy) is 2. The number of esters is 1. The number of hydrogen-bond donors (Lipinski definition) is 5. The average molecular weight is 679 g/mol. The first-order valence-electron chi connectivity index (χ1n) is 15.1. The van der Waals surface area contributed by atoms with Gasteiger partial charge in [-0.3, -0.25) is 23.7 Å². The molecular weight excluding hydrogens is 643 g/mol. The van der Waals surface area contributed by atoms with Crippen molar-refractivity contribution in [2.45, 2.75) is 57.0 Å². The van der Waals surface area contributed by atoms with Gasteiger partial charge in [-0.15, -0.1) is 0 Å². The molecule has 7 atom stereocenters. The van der Waals surface area contributed by atoms with E-state index in [0.717, 1.165) is 10.9 Å². The van der Waals surface area contributed by atoms with Crippen LogP contribution in [0.3, 0.4) is 0 Å². The molecule has 5 aromatic rings. The van der Waals surface area contributed by atoms with Gasteiger partial charge in [0, 0.05) is 5.39 Å². The van der Waals surface area contributed by atoms with Gasteiger partial charge in [0.1, 0.15) is 35.7 Å². The van der Waals surface area contributed by atoms with Crippen molar-refractivity contribution >= 4 is 41.6 Å². The molecule has 6 N–H and O–H groups in total. The van der Waals surface area contributed by atoms with Crippen molar-refractivity contribution in [3.63, 3.8) is 0 Å². The Morgan fingerprint density at radius 1 is 1.15 bits per heavy atom. The van der Waals surface area contributed by atoms with Crippen LogP contribution >= 0.6 is 7.75 Å². The molecule has 1 aliphatic heterocycles. The second-order valence-corrected chi connectivity index (χ2v) is 13.4. The molecule has 16 heteroatoms. The number of H-pyrrole nitrogens is 1. The monoisotopic (exact) mass is 678 g/mol. The summed E-state index contributed by atoms with van der Waals surface area (Å²) in [5, 5.41) is 26.6. The van der Waals surface area contributed by atoms with Crippen LogP contribution in [0.15, 0.2) is 83.9 Å². The van der Waals surface area contributed by atoms with Crippen LogP contribution in [0.2, 0.25) is 0 Å². The van der Waals surface area contributed by atoms with Crippen molar-refractivity contribution < 1.29 is 38.1 Å². The minimum Gasteiger partial charge on any atom is -0.457 e.